The number of aryl methyl sites for hydroxylation is 1. The van der Waals surface area contributed by atoms with Crippen molar-refractivity contribution in [3.63, 3.8) is 0 Å². The summed E-state index contributed by atoms with van der Waals surface area (Å²) in [6.07, 6.45) is 8.10. The molecule has 3 aliphatic rings. The van der Waals surface area contributed by atoms with E-state index >= 15 is 0 Å². The lowest BCUT2D eigenvalue weighted by atomic mass is 9.80. The molecule has 1 saturated carbocycles. The molecule has 1 aliphatic carbocycles. The van der Waals surface area contributed by atoms with Crippen LogP contribution in [0.4, 0.5) is 5.69 Å². The number of H-pyrrole nitrogens is 1. The number of rotatable bonds is 12. The van der Waals surface area contributed by atoms with Crippen LogP contribution in [0.5, 0.6) is 0 Å². The lowest BCUT2D eigenvalue weighted by Gasteiger charge is -2.40. The predicted molar refractivity (Wildman–Crippen MR) is 199 cm³/mol. The van der Waals surface area contributed by atoms with Crippen LogP contribution in [-0.4, -0.2) is 87.3 Å². The van der Waals surface area contributed by atoms with E-state index in [9.17, 15) is 14.4 Å². The molecule has 4 heterocycles. The number of aromatic nitrogens is 5. The summed E-state index contributed by atoms with van der Waals surface area (Å²) in [6.45, 7) is 4.00. The van der Waals surface area contributed by atoms with Crippen LogP contribution in [0.2, 0.25) is 0 Å². The molecule has 2 aliphatic heterocycles. The summed E-state index contributed by atoms with van der Waals surface area (Å²) in [5, 5.41) is 26.8. The van der Waals surface area contributed by atoms with Gasteiger partial charge in [-0.1, -0.05) is 24.3 Å². The molecular weight excluding hydrogens is 672 g/mol. The van der Waals surface area contributed by atoms with Crippen molar-refractivity contribution in [2.45, 2.75) is 82.5 Å². The van der Waals surface area contributed by atoms with Gasteiger partial charge in [-0.3, -0.25) is 19.4 Å². The number of nitrogens with one attached hydrogen (secondary N) is 5. The number of amides is 3. The number of hydrogen-bond acceptors (Lipinski definition) is 10. The van der Waals surface area contributed by atoms with Gasteiger partial charge in [0.05, 0.1) is 13.2 Å². The number of carbonyl (C=O) groups is 3. The lowest BCUT2D eigenvalue weighted by molar-refractivity contribution is -0.127. The number of hydrogen-bond donors (Lipinski definition) is 6. The van der Waals surface area contributed by atoms with Crippen LogP contribution in [0.15, 0.2) is 60.8 Å². The highest BCUT2D eigenvalue weighted by molar-refractivity contribution is 5.97. The summed E-state index contributed by atoms with van der Waals surface area (Å²) in [5.41, 5.74) is 11.3. The van der Waals surface area contributed by atoms with E-state index in [0.717, 1.165) is 66.3 Å². The van der Waals surface area contributed by atoms with E-state index in [2.05, 4.69) is 46.9 Å². The molecule has 3 unspecified atom stereocenters. The molecule has 0 spiro atoms. The van der Waals surface area contributed by atoms with Crippen molar-refractivity contribution in [1.82, 2.24) is 41.6 Å². The molecule has 2 aromatic heterocycles. The third-order valence-electron chi connectivity index (χ3n) is 10.8. The van der Waals surface area contributed by atoms with Crippen molar-refractivity contribution < 1.29 is 19.1 Å². The van der Waals surface area contributed by atoms with Crippen molar-refractivity contribution in [2.75, 3.05) is 25.1 Å². The average Bonchev–Trinajstić information content (AvgIpc) is 3.71. The molecule has 3 amide bonds. The molecule has 14 heteroatoms. The standard InChI is InChI=1S/C39H48N10O4/c1-23-14-34(38(51)44-30-17-31-21-53-22-32(18-30)42-31)41-20-33(23)27-8-6-24(7-9-27)15-35(45-36(50)16-25-2-4-26(19-40)5-3-25)39(52)43-29-12-10-28(11-13-29)37-46-48-49-47-37/h6-14,20,25-26,30-32,35,42H,2-5,15-19,21-22,40H2,1H3,(H,43,52)(H,44,51)(H,45,50)(H,46,47,48,49). The van der Waals surface area contributed by atoms with Gasteiger partial charge in [-0.25, -0.2) is 0 Å². The Labute approximate surface area is 308 Å². The van der Waals surface area contributed by atoms with Gasteiger partial charge in [0.2, 0.25) is 17.6 Å². The van der Waals surface area contributed by atoms with Gasteiger partial charge in [0, 0.05) is 54.0 Å². The highest BCUT2D eigenvalue weighted by Crippen LogP contribution is 2.30. The third-order valence-corrected chi connectivity index (χ3v) is 10.8. The van der Waals surface area contributed by atoms with Crippen LogP contribution in [0, 0.1) is 18.8 Å². The van der Waals surface area contributed by atoms with E-state index in [1.807, 2.05) is 37.3 Å². The first-order valence-electron chi connectivity index (χ1n) is 18.6. The Balaban J connectivity index is 1.00. The van der Waals surface area contributed by atoms with Gasteiger partial charge in [-0.05, 0) is 116 Å². The molecule has 2 saturated heterocycles. The van der Waals surface area contributed by atoms with E-state index in [-0.39, 0.29) is 41.8 Å². The van der Waals surface area contributed by atoms with Crippen molar-refractivity contribution in [2.24, 2.45) is 17.6 Å². The molecule has 7 rings (SSSR count). The summed E-state index contributed by atoms with van der Waals surface area (Å²) >= 11 is 0. The Morgan fingerprint density at radius 2 is 1.64 bits per heavy atom. The Hall–Kier alpha value is -5.05. The zero-order valence-electron chi connectivity index (χ0n) is 30.0. The fourth-order valence-corrected chi connectivity index (χ4v) is 7.87. The molecule has 4 aromatic rings. The van der Waals surface area contributed by atoms with Crippen LogP contribution in [0.25, 0.3) is 22.5 Å². The number of fused-ring (bicyclic) bond motifs is 2. The first-order valence-corrected chi connectivity index (χ1v) is 18.6. The van der Waals surface area contributed by atoms with Crippen LogP contribution in [0.3, 0.4) is 0 Å². The minimum atomic E-state index is -0.793. The second-order valence-corrected chi connectivity index (χ2v) is 14.8. The van der Waals surface area contributed by atoms with Crippen LogP contribution in [-0.2, 0) is 20.7 Å². The van der Waals surface area contributed by atoms with Crippen molar-refractivity contribution >= 4 is 23.4 Å². The van der Waals surface area contributed by atoms with Gasteiger partial charge in [-0.2, -0.15) is 5.21 Å². The first kappa shape index (κ1) is 36.3. The molecule has 7 N–H and O–H groups in total. The molecule has 0 radical (unpaired) electrons. The zero-order valence-corrected chi connectivity index (χ0v) is 30.0. The molecule has 14 nitrogen and oxygen atoms in total. The molecular formula is C39H48N10O4. The van der Waals surface area contributed by atoms with E-state index < -0.39 is 6.04 Å². The van der Waals surface area contributed by atoms with E-state index in [4.69, 9.17) is 10.5 Å². The van der Waals surface area contributed by atoms with Crippen LogP contribution >= 0.6 is 0 Å². The quantitative estimate of drug-likeness (QED) is 0.126. The van der Waals surface area contributed by atoms with E-state index in [0.29, 0.717) is 55.7 Å². The maximum atomic E-state index is 13.7. The average molecular weight is 721 g/mol. The number of carbonyl (C=O) groups excluding carboxylic acids is 3. The molecule has 278 valence electrons. The van der Waals surface area contributed by atoms with Crippen molar-refractivity contribution in [3.05, 3.63) is 77.6 Å². The maximum absolute atomic E-state index is 13.7. The Morgan fingerprint density at radius 3 is 2.30 bits per heavy atom. The van der Waals surface area contributed by atoms with Crippen LogP contribution < -0.4 is 27.0 Å². The highest BCUT2D eigenvalue weighted by Gasteiger charge is 2.33. The summed E-state index contributed by atoms with van der Waals surface area (Å²) < 4.78 is 5.63. The second kappa shape index (κ2) is 16.7. The van der Waals surface area contributed by atoms with Gasteiger partial charge >= 0.3 is 0 Å². The first-order chi connectivity index (χ1) is 25.8. The molecule has 2 bridgehead atoms. The number of nitrogens with two attached hydrogens (primary N) is 1. The minimum absolute atomic E-state index is 0.0901. The fraction of sp³-hybridized carbons (Fsp3) is 0.462. The number of tetrazole rings is 1. The van der Waals surface area contributed by atoms with Gasteiger partial charge < -0.3 is 31.7 Å². The lowest BCUT2D eigenvalue weighted by Crippen LogP contribution is -2.58. The van der Waals surface area contributed by atoms with Crippen molar-refractivity contribution in [3.8, 4) is 22.5 Å². The van der Waals surface area contributed by atoms with Crippen LogP contribution in [0.1, 0.15) is 66.6 Å². The van der Waals surface area contributed by atoms with Gasteiger partial charge in [0.15, 0.2) is 0 Å². The van der Waals surface area contributed by atoms with Gasteiger partial charge in [-0.15, -0.1) is 10.2 Å². The van der Waals surface area contributed by atoms with Gasteiger partial charge in [0.1, 0.15) is 11.7 Å². The summed E-state index contributed by atoms with van der Waals surface area (Å²) in [6, 6.07) is 16.7. The highest BCUT2D eigenvalue weighted by atomic mass is 16.5. The number of morpholine rings is 1. The number of ether oxygens (including phenoxy) is 1. The second-order valence-electron chi connectivity index (χ2n) is 14.8. The maximum Gasteiger partial charge on any atom is 0.270 e. The number of benzene rings is 2. The topological polar surface area (TPSA) is 202 Å². The number of aromatic amines is 1. The Kier molecular flexibility index (Phi) is 11.5. The summed E-state index contributed by atoms with van der Waals surface area (Å²) in [5.74, 6) is 0.657. The fourth-order valence-electron chi connectivity index (χ4n) is 7.87. The number of nitrogens with zero attached hydrogens (tertiary/aromatic N) is 4. The van der Waals surface area contributed by atoms with Gasteiger partial charge in [0.25, 0.3) is 5.91 Å². The third kappa shape index (κ3) is 9.31. The largest absolute Gasteiger partial charge is 0.378 e. The predicted octanol–water partition coefficient (Wildman–Crippen LogP) is 3.31. The minimum Gasteiger partial charge on any atom is -0.378 e. The molecule has 3 fully saturated rings. The molecule has 2 aromatic carbocycles. The monoisotopic (exact) mass is 720 g/mol. The summed E-state index contributed by atoms with van der Waals surface area (Å²) in [4.78, 5) is 44.7. The normalized spacial score (nSPS) is 23.1. The van der Waals surface area contributed by atoms with E-state index in [1.165, 1.54) is 0 Å². The van der Waals surface area contributed by atoms with Crippen molar-refractivity contribution in [1.29, 1.82) is 0 Å². The smallest absolute Gasteiger partial charge is 0.270 e. The summed E-state index contributed by atoms with van der Waals surface area (Å²) in [7, 11) is 0. The molecule has 3 atom stereocenters. The number of anilines is 1. The zero-order chi connectivity index (χ0) is 36.7. The Morgan fingerprint density at radius 1 is 0.943 bits per heavy atom. The number of piperidine rings is 1. The molecule has 53 heavy (non-hydrogen) atoms. The number of pyridine rings is 1. The SMILES string of the molecule is Cc1cc(C(=O)NC2CC3COCC(C2)N3)ncc1-c1ccc(CC(NC(=O)CC2CCC(CN)CC2)C(=O)Nc2ccc(-c3nn[nH]n3)cc2)cc1. The van der Waals surface area contributed by atoms with E-state index in [1.54, 1.807) is 30.5 Å². The Bertz CT molecular complexity index is 1850.